The van der Waals surface area contributed by atoms with Crippen LogP contribution in [0.1, 0.15) is 30.8 Å². The molecule has 6 nitrogen and oxygen atoms in total. The first-order valence-electron chi connectivity index (χ1n) is 6.00. The number of amides is 1. The van der Waals surface area contributed by atoms with Gasteiger partial charge in [-0.25, -0.2) is 4.98 Å². The van der Waals surface area contributed by atoms with Gasteiger partial charge in [-0.15, -0.1) is 0 Å². The van der Waals surface area contributed by atoms with Crippen molar-refractivity contribution < 1.29 is 14.3 Å². The van der Waals surface area contributed by atoms with Crippen LogP contribution in [0, 0.1) is 0 Å². The van der Waals surface area contributed by atoms with Gasteiger partial charge in [-0.1, -0.05) is 18.5 Å². The SMILES string of the molecule is CCCN(CC(=O)OCC)C(=O)c1cncc(Cl)n1. The molecule has 1 aromatic heterocycles. The van der Waals surface area contributed by atoms with Crippen LogP contribution in [0.4, 0.5) is 0 Å². The summed E-state index contributed by atoms with van der Waals surface area (Å²) < 4.78 is 4.83. The fourth-order valence-corrected chi connectivity index (χ4v) is 1.64. The Balaban J connectivity index is 2.80. The Labute approximate surface area is 116 Å². The van der Waals surface area contributed by atoms with E-state index < -0.39 is 5.97 Å². The normalized spacial score (nSPS) is 10.1. The van der Waals surface area contributed by atoms with Crippen LogP contribution in [-0.2, 0) is 9.53 Å². The third-order valence-electron chi connectivity index (χ3n) is 2.23. The minimum Gasteiger partial charge on any atom is -0.465 e. The van der Waals surface area contributed by atoms with E-state index in [1.165, 1.54) is 17.3 Å². The molecule has 0 bridgehead atoms. The van der Waals surface area contributed by atoms with Crippen molar-refractivity contribution in [2.75, 3.05) is 19.7 Å². The van der Waals surface area contributed by atoms with E-state index in [1.54, 1.807) is 6.92 Å². The fourth-order valence-electron chi connectivity index (χ4n) is 1.49. The number of carbonyl (C=O) groups excluding carboxylic acids is 2. The van der Waals surface area contributed by atoms with Crippen LogP contribution >= 0.6 is 11.6 Å². The highest BCUT2D eigenvalue weighted by Gasteiger charge is 2.20. The maximum atomic E-state index is 12.2. The Morgan fingerprint density at radius 3 is 2.68 bits per heavy atom. The average molecular weight is 286 g/mol. The van der Waals surface area contributed by atoms with Gasteiger partial charge in [0.05, 0.1) is 19.0 Å². The smallest absolute Gasteiger partial charge is 0.325 e. The molecule has 7 heteroatoms. The zero-order valence-electron chi connectivity index (χ0n) is 10.9. The van der Waals surface area contributed by atoms with Crippen molar-refractivity contribution in [1.82, 2.24) is 14.9 Å². The molecule has 104 valence electrons. The van der Waals surface area contributed by atoms with Crippen LogP contribution in [-0.4, -0.2) is 46.4 Å². The highest BCUT2D eigenvalue weighted by Crippen LogP contribution is 2.06. The minimum absolute atomic E-state index is 0.102. The van der Waals surface area contributed by atoms with Gasteiger partial charge in [-0.2, -0.15) is 0 Å². The summed E-state index contributed by atoms with van der Waals surface area (Å²) in [5.41, 5.74) is 0.116. The Hall–Kier alpha value is -1.69. The lowest BCUT2D eigenvalue weighted by molar-refractivity contribution is -0.143. The standard InChI is InChI=1S/C12H16ClN3O3/c1-3-5-16(8-11(17)19-4-2)12(18)9-6-14-7-10(13)15-9/h6-7H,3-5,8H2,1-2H3. The summed E-state index contributed by atoms with van der Waals surface area (Å²) >= 11 is 5.69. The van der Waals surface area contributed by atoms with E-state index in [-0.39, 0.29) is 29.9 Å². The Morgan fingerprint density at radius 1 is 1.37 bits per heavy atom. The molecular weight excluding hydrogens is 270 g/mol. The summed E-state index contributed by atoms with van der Waals surface area (Å²) in [6.45, 7) is 4.24. The van der Waals surface area contributed by atoms with E-state index in [2.05, 4.69) is 9.97 Å². The van der Waals surface area contributed by atoms with Crippen LogP contribution in [0.3, 0.4) is 0 Å². The molecule has 0 N–H and O–H groups in total. The minimum atomic E-state index is -0.445. The van der Waals surface area contributed by atoms with E-state index in [9.17, 15) is 9.59 Å². The van der Waals surface area contributed by atoms with Crippen molar-refractivity contribution >= 4 is 23.5 Å². The number of nitrogens with zero attached hydrogens (tertiary/aromatic N) is 3. The van der Waals surface area contributed by atoms with Gasteiger partial charge >= 0.3 is 5.97 Å². The highest BCUT2D eigenvalue weighted by molar-refractivity contribution is 6.29. The predicted molar refractivity (Wildman–Crippen MR) is 69.9 cm³/mol. The van der Waals surface area contributed by atoms with Gasteiger partial charge in [0.15, 0.2) is 0 Å². The number of carbonyl (C=O) groups is 2. The first-order valence-corrected chi connectivity index (χ1v) is 6.38. The summed E-state index contributed by atoms with van der Waals surface area (Å²) in [6.07, 6.45) is 3.38. The predicted octanol–water partition coefficient (Wildman–Crippen LogP) is 1.55. The van der Waals surface area contributed by atoms with Gasteiger partial charge < -0.3 is 9.64 Å². The molecule has 0 aliphatic heterocycles. The van der Waals surface area contributed by atoms with Crippen molar-refractivity contribution in [2.24, 2.45) is 0 Å². The second kappa shape index (κ2) is 7.68. The molecule has 0 fully saturated rings. The first kappa shape index (κ1) is 15.4. The van der Waals surface area contributed by atoms with Gasteiger partial charge in [0.25, 0.3) is 5.91 Å². The fraction of sp³-hybridized carbons (Fsp3) is 0.500. The molecule has 0 saturated carbocycles. The lowest BCUT2D eigenvalue weighted by atomic mass is 10.3. The lowest BCUT2D eigenvalue weighted by Gasteiger charge is -2.20. The summed E-state index contributed by atoms with van der Waals surface area (Å²) in [5.74, 6) is -0.829. The molecule has 0 radical (unpaired) electrons. The number of ether oxygens (including phenoxy) is 1. The monoisotopic (exact) mass is 285 g/mol. The maximum Gasteiger partial charge on any atom is 0.325 e. The summed E-state index contributed by atoms with van der Waals surface area (Å²) in [6, 6.07) is 0. The molecule has 0 aliphatic rings. The molecule has 0 aliphatic carbocycles. The lowest BCUT2D eigenvalue weighted by Crippen LogP contribution is -2.37. The number of hydrogen-bond acceptors (Lipinski definition) is 5. The van der Waals surface area contributed by atoms with E-state index in [0.717, 1.165) is 6.42 Å². The average Bonchev–Trinajstić information content (AvgIpc) is 2.37. The van der Waals surface area contributed by atoms with Gasteiger partial charge in [-0.05, 0) is 13.3 Å². The molecule has 1 heterocycles. The summed E-state index contributed by atoms with van der Waals surface area (Å²) in [5, 5.41) is 0.137. The van der Waals surface area contributed by atoms with Crippen molar-refractivity contribution in [1.29, 1.82) is 0 Å². The van der Waals surface area contributed by atoms with Crippen molar-refractivity contribution in [2.45, 2.75) is 20.3 Å². The topological polar surface area (TPSA) is 72.4 Å². The van der Waals surface area contributed by atoms with E-state index in [4.69, 9.17) is 16.3 Å². The Morgan fingerprint density at radius 2 is 2.11 bits per heavy atom. The third kappa shape index (κ3) is 4.82. The highest BCUT2D eigenvalue weighted by atomic mass is 35.5. The largest absolute Gasteiger partial charge is 0.465 e. The molecule has 1 amide bonds. The second-order valence-electron chi connectivity index (χ2n) is 3.76. The Kier molecular flexibility index (Phi) is 6.21. The quantitative estimate of drug-likeness (QED) is 0.742. The van der Waals surface area contributed by atoms with Crippen LogP contribution < -0.4 is 0 Å². The maximum absolute atomic E-state index is 12.2. The van der Waals surface area contributed by atoms with Crippen molar-refractivity contribution in [3.63, 3.8) is 0 Å². The molecule has 0 aromatic carbocycles. The molecule has 0 saturated heterocycles. The van der Waals surface area contributed by atoms with Crippen LogP contribution in [0.2, 0.25) is 5.15 Å². The number of halogens is 1. The van der Waals surface area contributed by atoms with Crippen LogP contribution in [0.5, 0.6) is 0 Å². The van der Waals surface area contributed by atoms with Gasteiger partial charge in [0, 0.05) is 6.54 Å². The zero-order valence-corrected chi connectivity index (χ0v) is 11.7. The zero-order chi connectivity index (χ0) is 14.3. The van der Waals surface area contributed by atoms with Crippen molar-refractivity contribution in [3.05, 3.63) is 23.2 Å². The molecule has 0 atom stereocenters. The molecule has 0 spiro atoms. The van der Waals surface area contributed by atoms with Crippen molar-refractivity contribution in [3.8, 4) is 0 Å². The summed E-state index contributed by atoms with van der Waals surface area (Å²) in [4.78, 5) is 32.7. The van der Waals surface area contributed by atoms with E-state index in [0.29, 0.717) is 6.54 Å². The molecule has 1 rings (SSSR count). The van der Waals surface area contributed by atoms with E-state index in [1.807, 2.05) is 6.92 Å². The second-order valence-corrected chi connectivity index (χ2v) is 4.15. The third-order valence-corrected chi connectivity index (χ3v) is 2.41. The number of hydrogen-bond donors (Lipinski definition) is 0. The molecule has 19 heavy (non-hydrogen) atoms. The van der Waals surface area contributed by atoms with E-state index >= 15 is 0 Å². The van der Waals surface area contributed by atoms with Gasteiger partial charge in [0.2, 0.25) is 0 Å². The number of rotatable bonds is 6. The molecular formula is C12H16ClN3O3. The van der Waals surface area contributed by atoms with Crippen LogP contribution in [0.15, 0.2) is 12.4 Å². The van der Waals surface area contributed by atoms with Gasteiger partial charge in [-0.3, -0.25) is 14.6 Å². The Bertz CT molecular complexity index is 454. The summed E-state index contributed by atoms with van der Waals surface area (Å²) in [7, 11) is 0. The number of esters is 1. The number of aromatic nitrogens is 2. The van der Waals surface area contributed by atoms with Gasteiger partial charge in [0.1, 0.15) is 17.4 Å². The first-order chi connectivity index (χ1) is 9.08. The van der Waals surface area contributed by atoms with Crippen LogP contribution in [0.25, 0.3) is 0 Å². The molecule has 0 unspecified atom stereocenters. The molecule has 1 aromatic rings.